The smallest absolute Gasteiger partial charge is 0.246 e. The number of ether oxygens (including phenoxy) is 3. The fourth-order valence-corrected chi connectivity index (χ4v) is 3.79. The second kappa shape index (κ2) is 11.4. The van der Waals surface area contributed by atoms with Gasteiger partial charge in [-0.25, -0.2) is 0 Å². The number of fused-ring (bicyclic) bond motifs is 1. The first-order valence-corrected chi connectivity index (χ1v) is 10.6. The van der Waals surface area contributed by atoms with Crippen LogP contribution >= 0.6 is 12.4 Å². The second-order valence-electron chi connectivity index (χ2n) is 7.68. The Hall–Kier alpha value is -2.29. The molecule has 2 saturated heterocycles. The summed E-state index contributed by atoms with van der Waals surface area (Å²) in [5.41, 5.74) is 0.905. The van der Waals surface area contributed by atoms with Crippen LogP contribution in [0.2, 0.25) is 0 Å². The standard InChI is InChI=1S/C22H29N3O5.ClH/c26-21(5-3-18-2-4-19-20(16-18)30-13-1-12-29-19)24-8-6-23(7-9-24)17-22(27)25-10-14-28-15-11-25;/h2-5,16H,1,6-15,17H2;1H. The van der Waals surface area contributed by atoms with E-state index in [1.54, 1.807) is 6.08 Å². The Balaban J connectivity index is 0.00000272. The summed E-state index contributed by atoms with van der Waals surface area (Å²) in [4.78, 5) is 30.8. The highest BCUT2D eigenvalue weighted by molar-refractivity contribution is 5.92. The highest BCUT2D eigenvalue weighted by Crippen LogP contribution is 2.30. The molecule has 4 rings (SSSR count). The summed E-state index contributed by atoms with van der Waals surface area (Å²) in [5, 5.41) is 0. The minimum Gasteiger partial charge on any atom is -0.490 e. The molecular weight excluding hydrogens is 422 g/mol. The van der Waals surface area contributed by atoms with Gasteiger partial charge in [0.25, 0.3) is 0 Å². The zero-order chi connectivity index (χ0) is 20.8. The van der Waals surface area contributed by atoms with Gasteiger partial charge in [-0.15, -0.1) is 12.4 Å². The van der Waals surface area contributed by atoms with E-state index in [0.717, 1.165) is 23.5 Å². The molecule has 0 atom stereocenters. The molecule has 3 heterocycles. The molecule has 8 nitrogen and oxygen atoms in total. The van der Waals surface area contributed by atoms with Gasteiger partial charge >= 0.3 is 0 Å². The zero-order valence-electron chi connectivity index (χ0n) is 17.7. The number of hydrogen-bond donors (Lipinski definition) is 0. The summed E-state index contributed by atoms with van der Waals surface area (Å²) in [6.07, 6.45) is 4.28. The van der Waals surface area contributed by atoms with Crippen molar-refractivity contribution in [3.05, 3.63) is 29.8 Å². The number of amides is 2. The lowest BCUT2D eigenvalue weighted by Crippen LogP contribution is -2.52. The maximum Gasteiger partial charge on any atom is 0.246 e. The van der Waals surface area contributed by atoms with Gasteiger partial charge in [0, 0.05) is 51.8 Å². The van der Waals surface area contributed by atoms with Crippen LogP contribution in [0.15, 0.2) is 24.3 Å². The van der Waals surface area contributed by atoms with Crippen molar-refractivity contribution in [3.63, 3.8) is 0 Å². The summed E-state index contributed by atoms with van der Waals surface area (Å²) in [5.74, 6) is 1.60. The van der Waals surface area contributed by atoms with E-state index >= 15 is 0 Å². The molecule has 0 aliphatic carbocycles. The molecule has 1 aromatic carbocycles. The minimum atomic E-state index is -0.0127. The number of rotatable bonds is 4. The van der Waals surface area contributed by atoms with Crippen LogP contribution in [0.5, 0.6) is 11.5 Å². The second-order valence-corrected chi connectivity index (χ2v) is 7.68. The molecule has 170 valence electrons. The zero-order valence-corrected chi connectivity index (χ0v) is 18.5. The number of carbonyl (C=O) groups is 2. The van der Waals surface area contributed by atoms with Crippen LogP contribution in [0.4, 0.5) is 0 Å². The normalized spacial score (nSPS) is 19.6. The molecule has 0 aromatic heterocycles. The van der Waals surface area contributed by atoms with Gasteiger partial charge in [-0.2, -0.15) is 0 Å². The van der Waals surface area contributed by atoms with Crippen LogP contribution in [-0.4, -0.2) is 98.8 Å². The van der Waals surface area contributed by atoms with Crippen molar-refractivity contribution in [2.24, 2.45) is 0 Å². The number of piperazine rings is 1. The molecule has 3 aliphatic rings. The summed E-state index contributed by atoms with van der Waals surface area (Å²) >= 11 is 0. The summed E-state index contributed by atoms with van der Waals surface area (Å²) in [6.45, 7) is 6.94. The van der Waals surface area contributed by atoms with E-state index in [4.69, 9.17) is 14.2 Å². The van der Waals surface area contributed by atoms with E-state index in [-0.39, 0.29) is 24.2 Å². The highest BCUT2D eigenvalue weighted by atomic mass is 35.5. The van der Waals surface area contributed by atoms with E-state index in [0.29, 0.717) is 72.2 Å². The number of benzene rings is 1. The lowest BCUT2D eigenvalue weighted by atomic mass is 10.2. The molecule has 0 radical (unpaired) electrons. The molecule has 0 N–H and O–H groups in total. The van der Waals surface area contributed by atoms with E-state index in [1.165, 1.54) is 0 Å². The van der Waals surface area contributed by atoms with Gasteiger partial charge in [0.15, 0.2) is 11.5 Å². The Bertz CT molecular complexity index is 789. The van der Waals surface area contributed by atoms with Crippen molar-refractivity contribution in [2.45, 2.75) is 6.42 Å². The minimum absolute atomic E-state index is 0. The number of halogens is 1. The molecule has 0 saturated carbocycles. The van der Waals surface area contributed by atoms with Crippen molar-refractivity contribution in [1.82, 2.24) is 14.7 Å². The third-order valence-electron chi connectivity index (χ3n) is 5.60. The number of nitrogens with zero attached hydrogens (tertiary/aromatic N) is 3. The topological polar surface area (TPSA) is 71.6 Å². The molecular formula is C22H30ClN3O5. The van der Waals surface area contributed by atoms with Crippen molar-refractivity contribution in [3.8, 4) is 11.5 Å². The maximum atomic E-state index is 12.6. The van der Waals surface area contributed by atoms with Crippen LogP contribution < -0.4 is 9.47 Å². The van der Waals surface area contributed by atoms with Crippen molar-refractivity contribution < 1.29 is 23.8 Å². The fraction of sp³-hybridized carbons (Fsp3) is 0.545. The van der Waals surface area contributed by atoms with Crippen molar-refractivity contribution in [1.29, 1.82) is 0 Å². The first-order chi connectivity index (χ1) is 14.7. The van der Waals surface area contributed by atoms with Gasteiger partial charge in [0.2, 0.25) is 11.8 Å². The SMILES string of the molecule is Cl.O=C(C=Cc1ccc2c(c1)OCCCO2)N1CCN(CC(=O)N2CCOCC2)CC1. The lowest BCUT2D eigenvalue weighted by molar-refractivity contribution is -0.137. The molecule has 9 heteroatoms. The monoisotopic (exact) mass is 451 g/mol. The Morgan fingerprint density at radius 1 is 0.871 bits per heavy atom. The number of carbonyl (C=O) groups excluding carboxylic acids is 2. The maximum absolute atomic E-state index is 12.6. The van der Waals surface area contributed by atoms with Crippen LogP contribution in [0.3, 0.4) is 0 Å². The van der Waals surface area contributed by atoms with Gasteiger partial charge in [-0.05, 0) is 23.8 Å². The molecule has 0 spiro atoms. The first kappa shape index (κ1) is 23.4. The van der Waals surface area contributed by atoms with E-state index in [9.17, 15) is 9.59 Å². The molecule has 0 bridgehead atoms. The van der Waals surface area contributed by atoms with Crippen molar-refractivity contribution >= 4 is 30.3 Å². The molecule has 31 heavy (non-hydrogen) atoms. The predicted molar refractivity (Wildman–Crippen MR) is 119 cm³/mol. The molecule has 3 aliphatic heterocycles. The molecule has 2 amide bonds. The van der Waals surface area contributed by atoms with Gasteiger partial charge in [0.1, 0.15) is 0 Å². The third-order valence-corrected chi connectivity index (χ3v) is 5.60. The largest absolute Gasteiger partial charge is 0.490 e. The fourth-order valence-electron chi connectivity index (χ4n) is 3.79. The highest BCUT2D eigenvalue weighted by Gasteiger charge is 2.24. The first-order valence-electron chi connectivity index (χ1n) is 10.6. The Morgan fingerprint density at radius 2 is 1.58 bits per heavy atom. The summed E-state index contributed by atoms with van der Waals surface area (Å²) in [7, 11) is 0. The molecule has 2 fully saturated rings. The van der Waals surface area contributed by atoms with Crippen LogP contribution in [-0.2, 0) is 14.3 Å². The molecule has 0 unspecified atom stereocenters. The quantitative estimate of drug-likeness (QED) is 0.642. The van der Waals surface area contributed by atoms with Gasteiger partial charge in [-0.1, -0.05) is 6.07 Å². The van der Waals surface area contributed by atoms with Crippen LogP contribution in [0, 0.1) is 0 Å². The molecule has 1 aromatic rings. The predicted octanol–water partition coefficient (Wildman–Crippen LogP) is 1.29. The summed E-state index contributed by atoms with van der Waals surface area (Å²) < 4.78 is 16.6. The van der Waals surface area contributed by atoms with Crippen molar-refractivity contribution in [2.75, 3.05) is 72.2 Å². The average molecular weight is 452 g/mol. The Morgan fingerprint density at radius 3 is 2.32 bits per heavy atom. The van der Waals surface area contributed by atoms with Crippen LogP contribution in [0.1, 0.15) is 12.0 Å². The Labute approximate surface area is 189 Å². The third kappa shape index (κ3) is 6.35. The van der Waals surface area contributed by atoms with Gasteiger partial charge < -0.3 is 24.0 Å². The van der Waals surface area contributed by atoms with Gasteiger partial charge in [0.05, 0.1) is 33.0 Å². The summed E-state index contributed by atoms with van der Waals surface area (Å²) in [6, 6.07) is 5.71. The van der Waals surface area contributed by atoms with E-state index in [1.807, 2.05) is 34.1 Å². The van der Waals surface area contributed by atoms with E-state index in [2.05, 4.69) is 4.90 Å². The lowest BCUT2D eigenvalue weighted by Gasteiger charge is -2.35. The van der Waals surface area contributed by atoms with Crippen LogP contribution in [0.25, 0.3) is 6.08 Å². The van der Waals surface area contributed by atoms with E-state index < -0.39 is 0 Å². The number of hydrogen-bond acceptors (Lipinski definition) is 6. The Kier molecular flexibility index (Phi) is 8.57. The number of morpholine rings is 1. The van der Waals surface area contributed by atoms with Gasteiger partial charge in [-0.3, -0.25) is 14.5 Å². The average Bonchev–Trinajstić information content (AvgIpc) is 3.03.